The number of ether oxygens (including phenoxy) is 1. The summed E-state index contributed by atoms with van der Waals surface area (Å²) in [7, 11) is 0. The second-order valence-corrected chi connectivity index (χ2v) is 6.57. The van der Waals surface area contributed by atoms with Gasteiger partial charge in [0.25, 0.3) is 11.6 Å². The number of amides is 1. The molecular formula is C19H19F4N5O2. The van der Waals surface area contributed by atoms with Gasteiger partial charge in [-0.05, 0) is 32.4 Å². The first-order chi connectivity index (χ1) is 14.2. The number of fused-ring (bicyclic) bond motifs is 1. The molecule has 0 aliphatic heterocycles. The number of nitrogens with one attached hydrogen (secondary N) is 1. The first kappa shape index (κ1) is 21.5. The number of aryl methyl sites for hydroxylation is 2. The van der Waals surface area contributed by atoms with Gasteiger partial charge in [-0.25, -0.2) is 13.9 Å². The number of aromatic nitrogens is 4. The summed E-state index contributed by atoms with van der Waals surface area (Å²) in [6.07, 6.45) is -4.31. The van der Waals surface area contributed by atoms with E-state index in [1.54, 1.807) is 26.0 Å². The third-order valence-electron chi connectivity index (χ3n) is 4.38. The van der Waals surface area contributed by atoms with E-state index in [0.29, 0.717) is 29.9 Å². The average molecular weight is 425 g/mol. The summed E-state index contributed by atoms with van der Waals surface area (Å²) in [4.78, 5) is 19.7. The van der Waals surface area contributed by atoms with Gasteiger partial charge in [0.2, 0.25) is 5.91 Å². The number of para-hydroxylation sites is 1. The number of hydrogen-bond donors (Lipinski definition) is 1. The SMILES string of the molecule is Cc1nc2nc(C(F)(F)F)nn2c(C)c1CC(=O)NCCCOc1ccccc1F. The Morgan fingerprint density at radius 3 is 2.63 bits per heavy atom. The zero-order chi connectivity index (χ0) is 21.9. The molecule has 2 aromatic heterocycles. The quantitative estimate of drug-likeness (QED) is 0.465. The Bertz CT molecular complexity index is 1060. The highest BCUT2D eigenvalue weighted by Crippen LogP contribution is 2.27. The Balaban J connectivity index is 1.57. The van der Waals surface area contributed by atoms with Gasteiger partial charge in [0.1, 0.15) is 0 Å². The molecule has 0 saturated carbocycles. The molecule has 0 saturated heterocycles. The van der Waals surface area contributed by atoms with Gasteiger partial charge < -0.3 is 10.1 Å². The summed E-state index contributed by atoms with van der Waals surface area (Å²) in [5.74, 6) is -2.11. The molecule has 160 valence electrons. The van der Waals surface area contributed by atoms with E-state index < -0.39 is 17.8 Å². The number of rotatable bonds is 7. The average Bonchev–Trinajstić information content (AvgIpc) is 3.11. The Morgan fingerprint density at radius 2 is 1.93 bits per heavy atom. The largest absolute Gasteiger partial charge is 0.490 e. The summed E-state index contributed by atoms with van der Waals surface area (Å²) in [5, 5.41) is 6.15. The van der Waals surface area contributed by atoms with Gasteiger partial charge in [-0.1, -0.05) is 12.1 Å². The van der Waals surface area contributed by atoms with Crippen molar-refractivity contribution in [1.82, 2.24) is 24.9 Å². The van der Waals surface area contributed by atoms with Crippen molar-refractivity contribution < 1.29 is 27.1 Å². The van der Waals surface area contributed by atoms with Crippen LogP contribution >= 0.6 is 0 Å². The van der Waals surface area contributed by atoms with Crippen LogP contribution in [0, 0.1) is 19.7 Å². The van der Waals surface area contributed by atoms with E-state index in [1.165, 1.54) is 12.1 Å². The van der Waals surface area contributed by atoms with Crippen molar-refractivity contribution in [3.8, 4) is 5.75 Å². The fourth-order valence-corrected chi connectivity index (χ4v) is 2.85. The minimum absolute atomic E-state index is 0.0734. The summed E-state index contributed by atoms with van der Waals surface area (Å²) >= 11 is 0. The van der Waals surface area contributed by atoms with Crippen LogP contribution in [0.1, 0.15) is 29.2 Å². The van der Waals surface area contributed by atoms with Crippen molar-refractivity contribution >= 4 is 11.7 Å². The second-order valence-electron chi connectivity index (χ2n) is 6.57. The van der Waals surface area contributed by atoms with Crippen LogP contribution in [0.25, 0.3) is 5.78 Å². The number of alkyl halides is 3. The van der Waals surface area contributed by atoms with Gasteiger partial charge in [-0.2, -0.15) is 18.2 Å². The topological polar surface area (TPSA) is 81.4 Å². The van der Waals surface area contributed by atoms with Crippen LogP contribution in [0.2, 0.25) is 0 Å². The highest BCUT2D eigenvalue weighted by molar-refractivity contribution is 5.79. The third kappa shape index (κ3) is 4.84. The number of halogens is 4. The molecular weight excluding hydrogens is 406 g/mol. The first-order valence-electron chi connectivity index (χ1n) is 9.11. The molecule has 0 fully saturated rings. The van der Waals surface area contributed by atoms with Crippen molar-refractivity contribution in [3.63, 3.8) is 0 Å². The Morgan fingerprint density at radius 1 is 1.20 bits per heavy atom. The third-order valence-corrected chi connectivity index (χ3v) is 4.38. The standard InChI is InChI=1S/C19H19F4N5O2/c1-11-13(12(2)28-18(25-11)26-17(27-28)19(21,22)23)10-16(29)24-8-5-9-30-15-7-4-3-6-14(15)20/h3-4,6-7H,5,8-10H2,1-2H3,(H,24,29). The first-order valence-corrected chi connectivity index (χ1v) is 9.11. The van der Waals surface area contributed by atoms with E-state index in [-0.39, 0.29) is 30.5 Å². The number of benzene rings is 1. The fraction of sp³-hybridized carbons (Fsp3) is 0.368. The molecule has 0 unspecified atom stereocenters. The second kappa shape index (κ2) is 8.64. The number of hydrogen-bond acceptors (Lipinski definition) is 5. The predicted molar refractivity (Wildman–Crippen MR) is 98.5 cm³/mol. The molecule has 7 nitrogen and oxygen atoms in total. The van der Waals surface area contributed by atoms with Crippen molar-refractivity contribution in [2.24, 2.45) is 0 Å². The molecule has 0 atom stereocenters. The highest BCUT2D eigenvalue weighted by atomic mass is 19.4. The molecule has 30 heavy (non-hydrogen) atoms. The molecule has 0 spiro atoms. The van der Waals surface area contributed by atoms with Gasteiger partial charge in [-0.3, -0.25) is 4.79 Å². The summed E-state index contributed by atoms with van der Waals surface area (Å²) in [6, 6.07) is 6.01. The molecule has 0 bridgehead atoms. The van der Waals surface area contributed by atoms with Crippen LogP contribution < -0.4 is 10.1 Å². The lowest BCUT2D eigenvalue weighted by molar-refractivity contribution is -0.144. The maximum absolute atomic E-state index is 13.4. The van der Waals surface area contributed by atoms with Gasteiger partial charge >= 0.3 is 6.18 Å². The van der Waals surface area contributed by atoms with Crippen molar-refractivity contribution in [2.75, 3.05) is 13.2 Å². The smallest absolute Gasteiger partial charge is 0.453 e. The summed E-state index contributed by atoms with van der Waals surface area (Å²) in [6.45, 7) is 3.66. The van der Waals surface area contributed by atoms with Crippen LogP contribution in [0.15, 0.2) is 24.3 Å². The molecule has 1 N–H and O–H groups in total. The van der Waals surface area contributed by atoms with E-state index in [0.717, 1.165) is 4.52 Å². The van der Waals surface area contributed by atoms with Crippen LogP contribution in [0.3, 0.4) is 0 Å². The van der Waals surface area contributed by atoms with E-state index in [9.17, 15) is 22.4 Å². The summed E-state index contributed by atoms with van der Waals surface area (Å²) in [5.41, 5.74) is 1.24. The molecule has 3 aromatic rings. The molecule has 3 rings (SSSR count). The van der Waals surface area contributed by atoms with E-state index in [1.807, 2.05) is 0 Å². The molecule has 0 aliphatic rings. The molecule has 1 amide bonds. The molecule has 1 aromatic carbocycles. The number of nitrogens with zero attached hydrogens (tertiary/aromatic N) is 4. The van der Waals surface area contributed by atoms with Gasteiger partial charge in [-0.15, -0.1) is 5.10 Å². The molecule has 0 radical (unpaired) electrons. The maximum atomic E-state index is 13.4. The van der Waals surface area contributed by atoms with Crippen LogP contribution in [-0.4, -0.2) is 38.6 Å². The highest BCUT2D eigenvalue weighted by Gasteiger charge is 2.37. The van der Waals surface area contributed by atoms with Gasteiger partial charge in [0, 0.05) is 23.5 Å². The Hall–Kier alpha value is -3.24. The number of carbonyl (C=O) groups is 1. The normalized spacial score (nSPS) is 11.7. The van der Waals surface area contributed by atoms with Crippen LogP contribution in [-0.2, 0) is 17.4 Å². The summed E-state index contributed by atoms with van der Waals surface area (Å²) < 4.78 is 58.3. The lowest BCUT2D eigenvalue weighted by atomic mass is 10.1. The van der Waals surface area contributed by atoms with E-state index >= 15 is 0 Å². The van der Waals surface area contributed by atoms with Gasteiger partial charge in [0.05, 0.1) is 13.0 Å². The van der Waals surface area contributed by atoms with E-state index in [2.05, 4.69) is 20.4 Å². The zero-order valence-electron chi connectivity index (χ0n) is 16.3. The minimum atomic E-state index is -4.68. The van der Waals surface area contributed by atoms with Crippen molar-refractivity contribution in [3.05, 3.63) is 52.9 Å². The van der Waals surface area contributed by atoms with Crippen molar-refractivity contribution in [1.29, 1.82) is 0 Å². The molecule has 0 aliphatic carbocycles. The monoisotopic (exact) mass is 425 g/mol. The van der Waals surface area contributed by atoms with E-state index in [4.69, 9.17) is 4.74 Å². The minimum Gasteiger partial charge on any atom is -0.490 e. The predicted octanol–water partition coefficient (Wildman–Crippen LogP) is 3.03. The van der Waals surface area contributed by atoms with Crippen molar-refractivity contribution in [2.45, 2.75) is 32.9 Å². The van der Waals surface area contributed by atoms with Gasteiger partial charge in [0.15, 0.2) is 11.6 Å². The number of carbonyl (C=O) groups excluding carboxylic acids is 1. The lowest BCUT2D eigenvalue weighted by Crippen LogP contribution is -2.28. The molecule has 2 heterocycles. The lowest BCUT2D eigenvalue weighted by Gasteiger charge is -2.11. The maximum Gasteiger partial charge on any atom is 0.453 e. The Kier molecular flexibility index (Phi) is 6.18. The van der Waals surface area contributed by atoms with Crippen LogP contribution in [0.5, 0.6) is 5.75 Å². The zero-order valence-corrected chi connectivity index (χ0v) is 16.3. The Labute approximate surface area is 169 Å². The van der Waals surface area contributed by atoms with Crippen LogP contribution in [0.4, 0.5) is 17.6 Å². The molecule has 11 heteroatoms. The fourth-order valence-electron chi connectivity index (χ4n) is 2.85.